The third-order valence-electron chi connectivity index (χ3n) is 2.42. The number of aromatic nitrogens is 1. The Hall–Kier alpha value is -0.450. The number of hydrogen-bond acceptors (Lipinski definition) is 4. The normalized spacial score (nSPS) is 19.3. The fraction of sp³-hybridized carbons (Fsp3) is 0.700. The minimum atomic E-state index is 0.361. The smallest absolute Gasteiger partial charge is 0.0897 e. The van der Waals surface area contributed by atoms with Crippen molar-refractivity contribution in [2.24, 2.45) is 5.41 Å². The highest BCUT2D eigenvalue weighted by Crippen LogP contribution is 2.25. The molecule has 3 nitrogen and oxygen atoms in total. The van der Waals surface area contributed by atoms with E-state index in [1.165, 1.54) is 4.88 Å². The Labute approximate surface area is 88.5 Å². The monoisotopic (exact) mass is 212 g/mol. The number of thiazole rings is 1. The van der Waals surface area contributed by atoms with E-state index in [9.17, 15) is 0 Å². The van der Waals surface area contributed by atoms with Crippen LogP contribution >= 0.6 is 11.3 Å². The molecule has 4 heteroatoms. The predicted molar refractivity (Wildman–Crippen MR) is 57.5 cm³/mol. The van der Waals surface area contributed by atoms with E-state index in [0.29, 0.717) is 5.41 Å². The van der Waals surface area contributed by atoms with E-state index in [4.69, 9.17) is 4.74 Å². The summed E-state index contributed by atoms with van der Waals surface area (Å²) >= 11 is 1.76. The van der Waals surface area contributed by atoms with Crippen molar-refractivity contribution >= 4 is 11.3 Å². The maximum Gasteiger partial charge on any atom is 0.0897 e. The summed E-state index contributed by atoms with van der Waals surface area (Å²) in [6.07, 6.45) is 1.95. The zero-order valence-corrected chi connectivity index (χ0v) is 9.49. The number of aryl methyl sites for hydroxylation is 1. The zero-order chi connectivity index (χ0) is 10.0. The van der Waals surface area contributed by atoms with E-state index >= 15 is 0 Å². The summed E-state index contributed by atoms with van der Waals surface area (Å²) in [5.74, 6) is 0. The maximum atomic E-state index is 5.20. The van der Waals surface area contributed by atoms with Crippen LogP contribution in [0.1, 0.15) is 16.8 Å². The van der Waals surface area contributed by atoms with Gasteiger partial charge in [0.1, 0.15) is 0 Å². The van der Waals surface area contributed by atoms with Gasteiger partial charge in [-0.25, -0.2) is 4.98 Å². The average molecular weight is 212 g/mol. The molecular formula is C10H16N2OS. The minimum Gasteiger partial charge on any atom is -0.380 e. The molecule has 0 unspecified atom stereocenters. The molecule has 1 aliphatic heterocycles. The van der Waals surface area contributed by atoms with Crippen molar-refractivity contribution in [2.75, 3.05) is 19.8 Å². The molecule has 2 rings (SSSR count). The number of hydrogen-bond donors (Lipinski definition) is 1. The lowest BCUT2D eigenvalue weighted by Crippen LogP contribution is -2.47. The third-order valence-corrected chi connectivity index (χ3v) is 3.33. The Kier molecular flexibility index (Phi) is 2.85. The van der Waals surface area contributed by atoms with Crippen molar-refractivity contribution in [3.63, 3.8) is 0 Å². The molecule has 1 N–H and O–H groups in total. The Balaban J connectivity index is 1.72. The van der Waals surface area contributed by atoms with Gasteiger partial charge in [-0.1, -0.05) is 6.92 Å². The van der Waals surface area contributed by atoms with Crippen molar-refractivity contribution in [2.45, 2.75) is 20.4 Å². The fourth-order valence-corrected chi connectivity index (χ4v) is 2.29. The van der Waals surface area contributed by atoms with Gasteiger partial charge in [0, 0.05) is 29.6 Å². The summed E-state index contributed by atoms with van der Waals surface area (Å²) in [5.41, 5.74) is 0.361. The first-order chi connectivity index (χ1) is 6.68. The standard InChI is InChI=1S/C10H16N2OS/c1-8-12-4-9(14-8)3-11-5-10(2)6-13-7-10/h4,11H,3,5-7H2,1-2H3. The van der Waals surface area contributed by atoms with Crippen LogP contribution < -0.4 is 5.32 Å². The van der Waals surface area contributed by atoms with Gasteiger partial charge in [0.15, 0.2) is 0 Å². The Morgan fingerprint density at radius 3 is 2.93 bits per heavy atom. The molecule has 0 bridgehead atoms. The van der Waals surface area contributed by atoms with Gasteiger partial charge in [0.05, 0.1) is 18.2 Å². The van der Waals surface area contributed by atoms with E-state index in [1.807, 2.05) is 13.1 Å². The van der Waals surface area contributed by atoms with Gasteiger partial charge in [0.2, 0.25) is 0 Å². The molecule has 0 aromatic carbocycles. The van der Waals surface area contributed by atoms with E-state index in [2.05, 4.69) is 17.2 Å². The van der Waals surface area contributed by atoms with Crippen LogP contribution in [-0.4, -0.2) is 24.7 Å². The number of ether oxygens (including phenoxy) is 1. The molecular weight excluding hydrogens is 196 g/mol. The predicted octanol–water partition coefficient (Wildman–Crippen LogP) is 1.58. The first kappa shape index (κ1) is 10.1. The second-order valence-corrected chi connectivity index (χ2v) is 5.57. The number of rotatable bonds is 4. The van der Waals surface area contributed by atoms with Crippen molar-refractivity contribution in [1.82, 2.24) is 10.3 Å². The Morgan fingerprint density at radius 1 is 1.64 bits per heavy atom. The van der Waals surface area contributed by atoms with Gasteiger partial charge in [0.25, 0.3) is 0 Å². The van der Waals surface area contributed by atoms with Crippen molar-refractivity contribution in [1.29, 1.82) is 0 Å². The second kappa shape index (κ2) is 3.96. The number of nitrogens with zero attached hydrogens (tertiary/aromatic N) is 1. The van der Waals surface area contributed by atoms with Crippen LogP contribution in [0, 0.1) is 12.3 Å². The largest absolute Gasteiger partial charge is 0.380 e. The van der Waals surface area contributed by atoms with E-state index < -0.39 is 0 Å². The van der Waals surface area contributed by atoms with Gasteiger partial charge in [-0.15, -0.1) is 11.3 Å². The molecule has 2 heterocycles. The molecule has 1 aliphatic rings. The quantitative estimate of drug-likeness (QED) is 0.822. The van der Waals surface area contributed by atoms with Gasteiger partial charge < -0.3 is 10.1 Å². The van der Waals surface area contributed by atoms with Crippen LogP contribution in [0.15, 0.2) is 6.20 Å². The van der Waals surface area contributed by atoms with Gasteiger partial charge >= 0.3 is 0 Å². The molecule has 1 saturated heterocycles. The first-order valence-electron chi connectivity index (χ1n) is 4.88. The highest BCUT2D eigenvalue weighted by molar-refractivity contribution is 7.11. The van der Waals surface area contributed by atoms with Crippen molar-refractivity contribution in [3.05, 3.63) is 16.1 Å². The molecule has 1 fully saturated rings. The maximum absolute atomic E-state index is 5.20. The van der Waals surface area contributed by atoms with Crippen LogP contribution in [0.25, 0.3) is 0 Å². The molecule has 78 valence electrons. The molecule has 0 aliphatic carbocycles. The van der Waals surface area contributed by atoms with Crippen LogP contribution in [0.3, 0.4) is 0 Å². The molecule has 1 aromatic rings. The highest BCUT2D eigenvalue weighted by Gasteiger charge is 2.32. The summed E-state index contributed by atoms with van der Waals surface area (Å²) in [6, 6.07) is 0. The van der Waals surface area contributed by atoms with Crippen LogP contribution in [0.5, 0.6) is 0 Å². The molecule has 1 aromatic heterocycles. The molecule has 0 spiro atoms. The minimum absolute atomic E-state index is 0.361. The summed E-state index contributed by atoms with van der Waals surface area (Å²) < 4.78 is 5.20. The summed E-state index contributed by atoms with van der Waals surface area (Å²) in [7, 11) is 0. The van der Waals surface area contributed by atoms with E-state index in [0.717, 1.165) is 31.3 Å². The Morgan fingerprint density at radius 2 is 2.43 bits per heavy atom. The highest BCUT2D eigenvalue weighted by atomic mass is 32.1. The fourth-order valence-electron chi connectivity index (χ4n) is 1.53. The Bertz CT molecular complexity index is 307. The SMILES string of the molecule is Cc1ncc(CNCC2(C)COC2)s1. The van der Waals surface area contributed by atoms with E-state index in [1.54, 1.807) is 11.3 Å². The molecule has 0 radical (unpaired) electrons. The summed E-state index contributed by atoms with van der Waals surface area (Å²) in [4.78, 5) is 5.53. The first-order valence-corrected chi connectivity index (χ1v) is 5.69. The zero-order valence-electron chi connectivity index (χ0n) is 8.67. The molecule has 0 saturated carbocycles. The van der Waals surface area contributed by atoms with Crippen molar-refractivity contribution < 1.29 is 4.74 Å². The van der Waals surface area contributed by atoms with E-state index in [-0.39, 0.29) is 0 Å². The second-order valence-electron chi connectivity index (χ2n) is 4.25. The lowest BCUT2D eigenvalue weighted by atomic mass is 9.89. The topological polar surface area (TPSA) is 34.2 Å². The lowest BCUT2D eigenvalue weighted by Gasteiger charge is -2.38. The average Bonchev–Trinajstić information content (AvgIpc) is 2.49. The van der Waals surface area contributed by atoms with Gasteiger partial charge in [-0.05, 0) is 6.92 Å². The summed E-state index contributed by atoms with van der Waals surface area (Å²) in [5, 5.41) is 4.59. The third kappa shape index (κ3) is 2.32. The number of nitrogens with one attached hydrogen (secondary N) is 1. The van der Waals surface area contributed by atoms with Gasteiger partial charge in [-0.3, -0.25) is 0 Å². The van der Waals surface area contributed by atoms with Gasteiger partial charge in [-0.2, -0.15) is 0 Å². The summed E-state index contributed by atoms with van der Waals surface area (Å²) in [6.45, 7) is 8.03. The van der Waals surface area contributed by atoms with Crippen LogP contribution in [-0.2, 0) is 11.3 Å². The molecule has 0 amide bonds. The van der Waals surface area contributed by atoms with Crippen LogP contribution in [0.2, 0.25) is 0 Å². The molecule has 0 atom stereocenters. The molecule has 14 heavy (non-hydrogen) atoms. The van der Waals surface area contributed by atoms with Crippen LogP contribution in [0.4, 0.5) is 0 Å². The lowest BCUT2D eigenvalue weighted by molar-refractivity contribution is -0.0991. The van der Waals surface area contributed by atoms with Crippen molar-refractivity contribution in [3.8, 4) is 0 Å².